The Morgan fingerprint density at radius 2 is 2.11 bits per heavy atom. The number of anilines is 1. The van der Waals surface area contributed by atoms with Gasteiger partial charge in [0.2, 0.25) is 0 Å². The Morgan fingerprint density at radius 3 is 2.74 bits per heavy atom. The molecule has 2 rings (SSSR count). The topological polar surface area (TPSA) is 49.9 Å². The van der Waals surface area contributed by atoms with E-state index < -0.39 is 7.52 Å². The van der Waals surface area contributed by atoms with Gasteiger partial charge in [0.25, 0.3) is 5.91 Å². The molecule has 0 bridgehead atoms. The van der Waals surface area contributed by atoms with Gasteiger partial charge in [0.05, 0.1) is 17.9 Å². The summed E-state index contributed by atoms with van der Waals surface area (Å²) in [5.41, 5.74) is 1.02. The molecule has 1 aromatic rings. The molecule has 1 heterocycles. The predicted octanol–water partition coefficient (Wildman–Crippen LogP) is 3.05. The molecule has 1 aromatic carbocycles. The molecule has 1 amide bonds. The molecule has 104 valence electrons. The summed E-state index contributed by atoms with van der Waals surface area (Å²) < 4.78 is 19.8. The fourth-order valence-corrected chi connectivity index (χ4v) is 4.28. The number of hydrogen-bond acceptors (Lipinski definition) is 3. The van der Waals surface area contributed by atoms with Crippen LogP contribution < -0.4 is 4.67 Å². The Morgan fingerprint density at radius 1 is 1.42 bits per heavy atom. The maximum absolute atomic E-state index is 12.9. The van der Waals surface area contributed by atoms with Gasteiger partial charge in [-0.05, 0) is 25.1 Å². The van der Waals surface area contributed by atoms with Crippen molar-refractivity contribution in [2.45, 2.75) is 6.92 Å². The largest absolute Gasteiger partial charge is 0.330 e. The number of carbonyl (C=O) groups is 1. The summed E-state index contributed by atoms with van der Waals surface area (Å²) in [7, 11) is 0.192. The van der Waals surface area contributed by atoms with Gasteiger partial charge in [-0.3, -0.25) is 9.36 Å². The number of rotatable bonds is 2. The maximum Gasteiger partial charge on any atom is 0.315 e. The monoisotopic (exact) mass is 302 g/mol. The van der Waals surface area contributed by atoms with E-state index >= 15 is 0 Å². The Balaban J connectivity index is 2.60. The number of amides is 1. The summed E-state index contributed by atoms with van der Waals surface area (Å²) in [6.07, 6.45) is 0.0580. The minimum Gasteiger partial charge on any atom is -0.330 e. The first-order chi connectivity index (χ1) is 8.89. The van der Waals surface area contributed by atoms with E-state index in [0.29, 0.717) is 22.9 Å². The maximum atomic E-state index is 12.9. The van der Waals surface area contributed by atoms with Crippen molar-refractivity contribution in [2.75, 3.05) is 31.7 Å². The minimum absolute atomic E-state index is 0.0580. The zero-order valence-electron chi connectivity index (χ0n) is 11.1. The minimum atomic E-state index is -3.09. The van der Waals surface area contributed by atoms with Crippen molar-refractivity contribution in [3.8, 4) is 0 Å². The summed E-state index contributed by atoms with van der Waals surface area (Å²) >= 11 is 5.93. The average molecular weight is 303 g/mol. The van der Waals surface area contributed by atoms with Gasteiger partial charge in [0.15, 0.2) is 0 Å². The van der Waals surface area contributed by atoms with E-state index in [1.54, 1.807) is 43.9 Å². The van der Waals surface area contributed by atoms with Crippen LogP contribution >= 0.6 is 19.1 Å². The van der Waals surface area contributed by atoms with Gasteiger partial charge >= 0.3 is 7.52 Å². The zero-order valence-corrected chi connectivity index (χ0v) is 12.7. The standard InChI is InChI=1S/C12H16ClN2O3P/c1-4-18-19(17)8-14(2)12(16)10-7-9(13)5-6-11(10)15(19)3/h5-7H,4,8H2,1-3H3. The van der Waals surface area contributed by atoms with Gasteiger partial charge in [-0.25, -0.2) is 0 Å². The van der Waals surface area contributed by atoms with Crippen molar-refractivity contribution in [1.29, 1.82) is 0 Å². The number of fused-ring (bicyclic) bond motifs is 1. The molecule has 1 aliphatic rings. The lowest BCUT2D eigenvalue weighted by Gasteiger charge is -2.28. The predicted molar refractivity (Wildman–Crippen MR) is 76.0 cm³/mol. The van der Waals surface area contributed by atoms with Gasteiger partial charge in [-0.2, -0.15) is 0 Å². The summed E-state index contributed by atoms with van der Waals surface area (Å²) in [6.45, 7) is 2.11. The van der Waals surface area contributed by atoms with Gasteiger partial charge in [-0.15, -0.1) is 0 Å². The first-order valence-electron chi connectivity index (χ1n) is 5.92. The fraction of sp³-hybridized carbons (Fsp3) is 0.417. The van der Waals surface area contributed by atoms with E-state index in [1.165, 1.54) is 4.90 Å². The number of carbonyl (C=O) groups excluding carboxylic acids is 1. The molecule has 1 aliphatic heterocycles. The van der Waals surface area contributed by atoms with Gasteiger partial charge in [0.1, 0.15) is 6.29 Å². The molecule has 0 aliphatic carbocycles. The number of nitrogens with zero attached hydrogens (tertiary/aromatic N) is 2. The van der Waals surface area contributed by atoms with Crippen LogP contribution in [0.3, 0.4) is 0 Å². The number of halogens is 1. The Kier molecular flexibility index (Phi) is 3.90. The Bertz CT molecular complexity index is 564. The van der Waals surface area contributed by atoms with E-state index in [1.807, 2.05) is 0 Å². The Labute approximate surface area is 117 Å². The van der Waals surface area contributed by atoms with Crippen molar-refractivity contribution in [3.63, 3.8) is 0 Å². The molecule has 7 heteroatoms. The van der Waals surface area contributed by atoms with Crippen molar-refractivity contribution in [3.05, 3.63) is 28.8 Å². The second-order valence-electron chi connectivity index (χ2n) is 4.38. The van der Waals surface area contributed by atoms with Crippen LogP contribution in [0.25, 0.3) is 0 Å². The highest BCUT2D eigenvalue weighted by Gasteiger charge is 2.38. The van der Waals surface area contributed by atoms with Crippen LogP contribution in [0.2, 0.25) is 5.02 Å². The summed E-state index contributed by atoms with van der Waals surface area (Å²) in [5.74, 6) is -0.207. The lowest BCUT2D eigenvalue weighted by Crippen LogP contribution is -2.27. The second kappa shape index (κ2) is 5.16. The highest BCUT2D eigenvalue weighted by Crippen LogP contribution is 2.54. The number of hydrogen-bond donors (Lipinski definition) is 0. The number of benzene rings is 1. The first kappa shape index (κ1) is 14.4. The third-order valence-corrected chi connectivity index (χ3v) is 5.87. The first-order valence-corrected chi connectivity index (χ1v) is 8.06. The molecule has 0 aromatic heterocycles. The lowest BCUT2D eigenvalue weighted by molar-refractivity contribution is 0.0815. The van der Waals surface area contributed by atoms with Crippen LogP contribution in [0.5, 0.6) is 0 Å². The van der Waals surface area contributed by atoms with E-state index in [9.17, 15) is 9.36 Å². The Hall–Kier alpha value is -1.03. The summed E-state index contributed by atoms with van der Waals surface area (Å²) in [5, 5.41) is 0.474. The van der Waals surface area contributed by atoms with E-state index in [0.717, 1.165) is 0 Å². The summed E-state index contributed by atoms with van der Waals surface area (Å²) in [6, 6.07) is 4.96. The van der Waals surface area contributed by atoms with E-state index in [-0.39, 0.29) is 12.2 Å². The smallest absolute Gasteiger partial charge is 0.315 e. The molecule has 5 nitrogen and oxygen atoms in total. The second-order valence-corrected chi connectivity index (χ2v) is 7.24. The molecular formula is C12H16ClN2O3P. The van der Waals surface area contributed by atoms with Crippen LogP contribution in [0, 0.1) is 0 Å². The van der Waals surface area contributed by atoms with Crippen molar-refractivity contribution < 1.29 is 13.9 Å². The van der Waals surface area contributed by atoms with E-state index in [2.05, 4.69) is 0 Å². The van der Waals surface area contributed by atoms with E-state index in [4.69, 9.17) is 16.1 Å². The molecule has 1 unspecified atom stereocenters. The van der Waals surface area contributed by atoms with Gasteiger partial charge in [0, 0.05) is 19.1 Å². The quantitative estimate of drug-likeness (QED) is 0.788. The normalized spacial score (nSPS) is 23.3. The van der Waals surface area contributed by atoms with Crippen molar-refractivity contribution >= 4 is 30.7 Å². The molecule has 1 atom stereocenters. The SMILES string of the molecule is CCOP1(=O)CN(C)C(=O)c2cc(Cl)ccc2N1C. The molecule has 0 saturated carbocycles. The van der Waals surface area contributed by atoms with Gasteiger partial charge in [-0.1, -0.05) is 11.6 Å². The third kappa shape index (κ3) is 2.50. The van der Waals surface area contributed by atoms with Crippen LogP contribution in [0.1, 0.15) is 17.3 Å². The molecule has 0 spiro atoms. The molecule has 0 N–H and O–H groups in total. The lowest BCUT2D eigenvalue weighted by atomic mass is 10.1. The molecule has 0 radical (unpaired) electrons. The molecule has 19 heavy (non-hydrogen) atoms. The highest BCUT2D eigenvalue weighted by molar-refractivity contribution is 7.60. The van der Waals surface area contributed by atoms with Crippen LogP contribution in [-0.2, 0) is 9.09 Å². The highest BCUT2D eigenvalue weighted by atomic mass is 35.5. The summed E-state index contributed by atoms with van der Waals surface area (Å²) in [4.78, 5) is 13.7. The van der Waals surface area contributed by atoms with Crippen molar-refractivity contribution in [1.82, 2.24) is 4.90 Å². The van der Waals surface area contributed by atoms with Crippen LogP contribution in [0.4, 0.5) is 5.69 Å². The van der Waals surface area contributed by atoms with Gasteiger partial charge < -0.3 is 14.1 Å². The van der Waals surface area contributed by atoms with Crippen LogP contribution in [0.15, 0.2) is 18.2 Å². The van der Waals surface area contributed by atoms with Crippen LogP contribution in [-0.4, -0.2) is 37.8 Å². The third-order valence-electron chi connectivity index (χ3n) is 3.06. The average Bonchev–Trinajstić information content (AvgIpc) is 2.42. The molecule has 0 fully saturated rings. The van der Waals surface area contributed by atoms with Crippen molar-refractivity contribution in [2.24, 2.45) is 0 Å². The fourth-order valence-electron chi connectivity index (χ4n) is 2.09. The zero-order chi connectivity index (χ0) is 14.2. The molecule has 0 saturated heterocycles. The molecular weight excluding hydrogens is 287 g/mol.